The molecular formula is C19H20ClF3N2O3. The van der Waals surface area contributed by atoms with E-state index in [9.17, 15) is 18.0 Å². The van der Waals surface area contributed by atoms with Gasteiger partial charge in [-0.3, -0.25) is 0 Å². The Morgan fingerprint density at radius 2 is 1.61 bits per heavy atom. The van der Waals surface area contributed by atoms with Crippen LogP contribution in [-0.4, -0.2) is 32.0 Å². The second kappa shape index (κ2) is 10.8. The van der Waals surface area contributed by atoms with Crippen molar-refractivity contribution in [3.8, 4) is 5.75 Å². The lowest BCUT2D eigenvalue weighted by Gasteiger charge is -2.10. The first-order chi connectivity index (χ1) is 13.3. The molecule has 0 aromatic heterocycles. The van der Waals surface area contributed by atoms with E-state index in [4.69, 9.17) is 16.3 Å². The highest BCUT2D eigenvalue weighted by atomic mass is 35.5. The third-order valence-electron chi connectivity index (χ3n) is 3.48. The molecular weight excluding hydrogens is 397 g/mol. The van der Waals surface area contributed by atoms with Gasteiger partial charge in [0.2, 0.25) is 0 Å². The van der Waals surface area contributed by atoms with E-state index in [1.54, 1.807) is 48.5 Å². The van der Waals surface area contributed by atoms with Crippen molar-refractivity contribution < 1.29 is 27.4 Å². The van der Waals surface area contributed by atoms with Crippen LogP contribution in [0.15, 0.2) is 48.5 Å². The number of hydrogen-bond donors (Lipinski definition) is 2. The average molecular weight is 417 g/mol. The number of ether oxygens (including phenoxy) is 2. The first-order valence-electron chi connectivity index (χ1n) is 8.44. The summed E-state index contributed by atoms with van der Waals surface area (Å²) in [5, 5.41) is 5.96. The normalized spacial score (nSPS) is 11.1. The Morgan fingerprint density at radius 1 is 0.964 bits per heavy atom. The van der Waals surface area contributed by atoms with Crippen molar-refractivity contribution >= 4 is 17.6 Å². The van der Waals surface area contributed by atoms with Crippen molar-refractivity contribution in [2.75, 3.05) is 19.8 Å². The Hall–Kier alpha value is -2.45. The molecule has 0 heterocycles. The summed E-state index contributed by atoms with van der Waals surface area (Å²) in [6.45, 7) is -0.487. The van der Waals surface area contributed by atoms with Gasteiger partial charge in [-0.2, -0.15) is 13.2 Å². The molecule has 0 aliphatic heterocycles. The maximum Gasteiger partial charge on any atom is 0.411 e. The van der Waals surface area contributed by atoms with Crippen LogP contribution >= 0.6 is 11.6 Å². The minimum Gasteiger partial charge on any atom is -0.492 e. The zero-order valence-corrected chi connectivity index (χ0v) is 15.6. The molecule has 28 heavy (non-hydrogen) atoms. The predicted molar refractivity (Wildman–Crippen MR) is 99.3 cm³/mol. The van der Waals surface area contributed by atoms with Crippen LogP contribution in [0.5, 0.6) is 5.75 Å². The summed E-state index contributed by atoms with van der Waals surface area (Å²) in [5.41, 5.74) is 1.43. The minimum atomic E-state index is -4.34. The second-order valence-electron chi connectivity index (χ2n) is 5.84. The zero-order valence-electron chi connectivity index (χ0n) is 14.9. The van der Waals surface area contributed by atoms with Crippen molar-refractivity contribution in [3.05, 3.63) is 64.7 Å². The summed E-state index contributed by atoms with van der Waals surface area (Å²) in [7, 11) is 0. The van der Waals surface area contributed by atoms with Crippen molar-refractivity contribution in [3.63, 3.8) is 0 Å². The molecule has 0 saturated heterocycles. The lowest BCUT2D eigenvalue weighted by molar-refractivity contribution is -0.176. The third-order valence-corrected chi connectivity index (χ3v) is 3.73. The van der Waals surface area contributed by atoms with E-state index >= 15 is 0 Å². The zero-order chi connectivity index (χ0) is 20.4. The van der Waals surface area contributed by atoms with Crippen LogP contribution < -0.4 is 15.4 Å². The molecule has 0 bridgehead atoms. The van der Waals surface area contributed by atoms with Crippen LogP contribution in [0.1, 0.15) is 11.1 Å². The predicted octanol–water partition coefficient (Wildman–Crippen LogP) is 4.30. The van der Waals surface area contributed by atoms with E-state index in [0.29, 0.717) is 29.5 Å². The number of benzene rings is 2. The van der Waals surface area contributed by atoms with E-state index in [0.717, 1.165) is 5.56 Å². The molecule has 0 spiro atoms. The molecule has 5 nitrogen and oxygen atoms in total. The molecule has 2 aromatic carbocycles. The summed E-state index contributed by atoms with van der Waals surface area (Å²) in [5.74, 6) is 0.658. The smallest absolute Gasteiger partial charge is 0.411 e. The monoisotopic (exact) mass is 416 g/mol. The molecule has 0 aliphatic carbocycles. The van der Waals surface area contributed by atoms with Crippen LogP contribution in [-0.2, 0) is 17.9 Å². The maximum atomic E-state index is 12.0. The number of amides is 2. The molecule has 2 aromatic rings. The highest BCUT2D eigenvalue weighted by Crippen LogP contribution is 2.16. The molecule has 2 amide bonds. The molecule has 0 fully saturated rings. The van der Waals surface area contributed by atoms with Gasteiger partial charge in [0.25, 0.3) is 0 Å². The van der Waals surface area contributed by atoms with Gasteiger partial charge in [-0.25, -0.2) is 4.79 Å². The molecule has 2 rings (SSSR count). The van der Waals surface area contributed by atoms with Gasteiger partial charge < -0.3 is 20.1 Å². The summed E-state index contributed by atoms with van der Waals surface area (Å²) in [6, 6.07) is 13.3. The van der Waals surface area contributed by atoms with Crippen LogP contribution in [0.25, 0.3) is 0 Å². The van der Waals surface area contributed by atoms with E-state index in [1.165, 1.54) is 0 Å². The number of urea groups is 1. The number of alkyl halides is 3. The van der Waals surface area contributed by atoms with Crippen molar-refractivity contribution in [1.29, 1.82) is 0 Å². The second-order valence-corrected chi connectivity index (χ2v) is 6.27. The van der Waals surface area contributed by atoms with E-state index < -0.39 is 12.8 Å². The van der Waals surface area contributed by atoms with Gasteiger partial charge in [0.1, 0.15) is 19.0 Å². The summed E-state index contributed by atoms with van der Waals surface area (Å²) >= 11 is 5.78. The number of rotatable bonds is 9. The molecule has 0 unspecified atom stereocenters. The standard InChI is InChI=1S/C19H20ClF3N2O3/c20-16-5-7-17(8-6-16)28-10-9-24-18(26)25-11-14-1-3-15(4-2-14)12-27-13-19(21,22)23/h1-8H,9-13H2,(H2,24,25,26). The molecule has 0 atom stereocenters. The molecule has 0 aliphatic rings. The maximum absolute atomic E-state index is 12.0. The van der Waals surface area contributed by atoms with Crippen LogP contribution in [0, 0.1) is 0 Å². The minimum absolute atomic E-state index is 0.124. The molecule has 9 heteroatoms. The van der Waals surface area contributed by atoms with Gasteiger partial charge in [-0.1, -0.05) is 35.9 Å². The first-order valence-corrected chi connectivity index (χ1v) is 8.82. The third kappa shape index (κ3) is 8.96. The fourth-order valence-electron chi connectivity index (χ4n) is 2.15. The Morgan fingerprint density at radius 3 is 2.25 bits per heavy atom. The quantitative estimate of drug-likeness (QED) is 0.599. The van der Waals surface area contributed by atoms with E-state index in [1.807, 2.05) is 0 Å². The topological polar surface area (TPSA) is 59.6 Å². The number of nitrogens with one attached hydrogen (secondary N) is 2. The van der Waals surface area contributed by atoms with Crippen molar-refractivity contribution in [2.45, 2.75) is 19.3 Å². The van der Waals surface area contributed by atoms with Crippen molar-refractivity contribution in [2.24, 2.45) is 0 Å². The lowest BCUT2D eigenvalue weighted by atomic mass is 10.1. The van der Waals surface area contributed by atoms with Gasteiger partial charge in [-0.05, 0) is 35.4 Å². The number of hydrogen-bond acceptors (Lipinski definition) is 3. The molecule has 0 saturated carbocycles. The largest absolute Gasteiger partial charge is 0.492 e. The Labute approximate surface area is 165 Å². The highest BCUT2D eigenvalue weighted by molar-refractivity contribution is 6.30. The SMILES string of the molecule is O=C(NCCOc1ccc(Cl)cc1)NCc1ccc(COCC(F)(F)F)cc1. The fraction of sp³-hybridized carbons (Fsp3) is 0.316. The fourth-order valence-corrected chi connectivity index (χ4v) is 2.27. The number of carbonyl (C=O) groups excluding carboxylic acids is 1. The molecule has 0 radical (unpaired) electrons. The van der Waals surface area contributed by atoms with E-state index in [2.05, 4.69) is 15.4 Å². The molecule has 152 valence electrons. The Bertz CT molecular complexity index is 738. The number of carbonyl (C=O) groups is 1. The van der Waals surface area contributed by atoms with Crippen LogP contribution in [0.3, 0.4) is 0 Å². The van der Waals surface area contributed by atoms with Gasteiger partial charge in [-0.15, -0.1) is 0 Å². The highest BCUT2D eigenvalue weighted by Gasteiger charge is 2.27. The van der Waals surface area contributed by atoms with Gasteiger partial charge in [0.05, 0.1) is 13.2 Å². The van der Waals surface area contributed by atoms with Crippen LogP contribution in [0.2, 0.25) is 5.02 Å². The summed E-state index contributed by atoms with van der Waals surface area (Å²) in [4.78, 5) is 11.8. The van der Waals surface area contributed by atoms with E-state index in [-0.39, 0.29) is 19.2 Å². The lowest BCUT2D eigenvalue weighted by Crippen LogP contribution is -2.37. The first kappa shape index (κ1) is 21.8. The van der Waals surface area contributed by atoms with Gasteiger partial charge in [0, 0.05) is 11.6 Å². The summed E-state index contributed by atoms with van der Waals surface area (Å²) in [6.07, 6.45) is -4.34. The van der Waals surface area contributed by atoms with Gasteiger partial charge in [0.15, 0.2) is 0 Å². The molecule has 2 N–H and O–H groups in total. The van der Waals surface area contributed by atoms with Crippen molar-refractivity contribution in [1.82, 2.24) is 10.6 Å². The Balaban J connectivity index is 1.60. The van der Waals surface area contributed by atoms with Crippen LogP contribution in [0.4, 0.5) is 18.0 Å². The average Bonchev–Trinajstić information content (AvgIpc) is 2.65. The number of halogens is 4. The summed E-state index contributed by atoms with van der Waals surface area (Å²) < 4.78 is 46.1. The van der Waals surface area contributed by atoms with Gasteiger partial charge >= 0.3 is 12.2 Å². The Kier molecular flexibility index (Phi) is 8.41.